The zero-order valence-electron chi connectivity index (χ0n) is 8.67. The van der Waals surface area contributed by atoms with E-state index >= 15 is 0 Å². The first-order chi connectivity index (χ1) is 7.83. The number of pyridine rings is 1. The molecule has 16 heavy (non-hydrogen) atoms. The van der Waals surface area contributed by atoms with Crippen LogP contribution in [0.15, 0.2) is 48.7 Å². The van der Waals surface area contributed by atoms with E-state index in [4.69, 9.17) is 5.73 Å². The Balaban J connectivity index is 2.47. The Hall–Kier alpha value is -2.34. The summed E-state index contributed by atoms with van der Waals surface area (Å²) >= 11 is 0. The number of hydrogen-bond acceptors (Lipinski definition) is 3. The van der Waals surface area contributed by atoms with E-state index in [0.717, 1.165) is 11.3 Å². The number of para-hydroxylation sites is 1. The molecule has 3 nitrogen and oxygen atoms in total. The number of nitrogens with two attached hydrogens (primary N) is 1. The van der Waals surface area contributed by atoms with Crippen LogP contribution < -0.4 is 5.73 Å². The molecule has 0 saturated heterocycles. The van der Waals surface area contributed by atoms with Crippen molar-refractivity contribution in [2.24, 2.45) is 0 Å². The van der Waals surface area contributed by atoms with Crippen LogP contribution in [-0.2, 0) is 0 Å². The smallest absolute Gasteiger partial charge is 0.115 e. The van der Waals surface area contributed by atoms with Gasteiger partial charge in [0.05, 0.1) is 11.8 Å². The van der Waals surface area contributed by atoms with Crippen LogP contribution in [0.1, 0.15) is 17.2 Å². The molecule has 0 fully saturated rings. The van der Waals surface area contributed by atoms with Crippen molar-refractivity contribution in [1.82, 2.24) is 4.98 Å². The maximum atomic E-state index is 9.21. The van der Waals surface area contributed by atoms with E-state index < -0.39 is 5.92 Å². The highest BCUT2D eigenvalue weighted by molar-refractivity contribution is 5.53. The molecule has 0 spiro atoms. The Labute approximate surface area is 94.2 Å². The summed E-state index contributed by atoms with van der Waals surface area (Å²) in [6.07, 6.45) is 1.68. The molecule has 2 aromatic rings. The standard InChI is InChI=1S/C13H11N3/c14-9-11(13-7-3-4-8-16-13)10-5-1-2-6-12(10)15/h1-8,11H,15H2. The number of benzene rings is 1. The fourth-order valence-corrected chi connectivity index (χ4v) is 1.62. The summed E-state index contributed by atoms with van der Waals surface area (Å²) in [5, 5.41) is 9.21. The molecule has 78 valence electrons. The van der Waals surface area contributed by atoms with Gasteiger partial charge in [-0.3, -0.25) is 4.98 Å². The molecular formula is C13H11N3. The molecule has 0 bridgehead atoms. The van der Waals surface area contributed by atoms with Crippen LogP contribution in [0.4, 0.5) is 5.69 Å². The fraction of sp³-hybridized carbons (Fsp3) is 0.0769. The zero-order chi connectivity index (χ0) is 11.4. The normalized spacial score (nSPS) is 11.7. The molecule has 1 aromatic heterocycles. The number of nitriles is 1. The lowest BCUT2D eigenvalue weighted by atomic mass is 9.95. The molecule has 0 aliphatic rings. The minimum atomic E-state index is -0.401. The fourth-order valence-electron chi connectivity index (χ4n) is 1.62. The third-order valence-corrected chi connectivity index (χ3v) is 2.42. The van der Waals surface area contributed by atoms with E-state index in [1.807, 2.05) is 36.4 Å². The second-order valence-corrected chi connectivity index (χ2v) is 3.45. The van der Waals surface area contributed by atoms with Crippen LogP contribution in [0.3, 0.4) is 0 Å². The first kappa shape index (κ1) is 10.2. The van der Waals surface area contributed by atoms with Gasteiger partial charge in [-0.25, -0.2) is 0 Å². The molecule has 1 atom stereocenters. The largest absolute Gasteiger partial charge is 0.398 e. The Morgan fingerprint density at radius 1 is 1.12 bits per heavy atom. The second kappa shape index (κ2) is 4.45. The summed E-state index contributed by atoms with van der Waals surface area (Å²) in [7, 11) is 0. The minimum Gasteiger partial charge on any atom is -0.398 e. The maximum Gasteiger partial charge on any atom is 0.115 e. The highest BCUT2D eigenvalue weighted by Gasteiger charge is 2.16. The van der Waals surface area contributed by atoms with E-state index in [9.17, 15) is 5.26 Å². The summed E-state index contributed by atoms with van der Waals surface area (Å²) < 4.78 is 0. The number of anilines is 1. The van der Waals surface area contributed by atoms with Gasteiger partial charge in [-0.05, 0) is 23.8 Å². The Kier molecular flexibility index (Phi) is 2.84. The monoisotopic (exact) mass is 209 g/mol. The van der Waals surface area contributed by atoms with Crippen LogP contribution >= 0.6 is 0 Å². The van der Waals surface area contributed by atoms with Gasteiger partial charge in [0.1, 0.15) is 5.92 Å². The lowest BCUT2D eigenvalue weighted by molar-refractivity contribution is 0.969. The highest BCUT2D eigenvalue weighted by atomic mass is 14.7. The van der Waals surface area contributed by atoms with Crippen LogP contribution in [0.25, 0.3) is 0 Å². The van der Waals surface area contributed by atoms with Crippen LogP contribution in [0.5, 0.6) is 0 Å². The van der Waals surface area contributed by atoms with Gasteiger partial charge >= 0.3 is 0 Å². The molecule has 0 radical (unpaired) electrons. The Bertz CT molecular complexity index is 514. The lowest BCUT2D eigenvalue weighted by Crippen LogP contribution is -2.03. The SMILES string of the molecule is N#CC(c1ccccn1)c1ccccc1N. The van der Waals surface area contributed by atoms with Crippen molar-refractivity contribution >= 4 is 5.69 Å². The average molecular weight is 209 g/mol. The first-order valence-electron chi connectivity index (χ1n) is 4.98. The predicted molar refractivity (Wildman–Crippen MR) is 62.5 cm³/mol. The van der Waals surface area contributed by atoms with Crippen molar-refractivity contribution < 1.29 is 0 Å². The molecule has 2 N–H and O–H groups in total. The lowest BCUT2D eigenvalue weighted by Gasteiger charge is -2.10. The van der Waals surface area contributed by atoms with Crippen molar-refractivity contribution in [2.45, 2.75) is 5.92 Å². The van der Waals surface area contributed by atoms with Gasteiger partial charge in [0.25, 0.3) is 0 Å². The van der Waals surface area contributed by atoms with Gasteiger partial charge in [0, 0.05) is 11.9 Å². The molecule has 1 heterocycles. The van der Waals surface area contributed by atoms with Crippen LogP contribution in [0, 0.1) is 11.3 Å². The topological polar surface area (TPSA) is 62.7 Å². The van der Waals surface area contributed by atoms with Crippen LogP contribution in [-0.4, -0.2) is 4.98 Å². The van der Waals surface area contributed by atoms with E-state index in [0.29, 0.717) is 5.69 Å². The first-order valence-corrected chi connectivity index (χ1v) is 4.98. The Morgan fingerprint density at radius 2 is 1.88 bits per heavy atom. The predicted octanol–water partition coefficient (Wildman–Crippen LogP) is 2.32. The van der Waals surface area contributed by atoms with Gasteiger partial charge in [0.2, 0.25) is 0 Å². The molecule has 2 rings (SSSR count). The molecule has 1 unspecified atom stereocenters. The van der Waals surface area contributed by atoms with E-state index in [1.165, 1.54) is 0 Å². The quantitative estimate of drug-likeness (QED) is 0.772. The summed E-state index contributed by atoms with van der Waals surface area (Å²) in [5.41, 5.74) is 8.01. The molecular weight excluding hydrogens is 198 g/mol. The van der Waals surface area contributed by atoms with Gasteiger partial charge < -0.3 is 5.73 Å². The molecule has 0 aliphatic heterocycles. The molecule has 0 aliphatic carbocycles. The van der Waals surface area contributed by atoms with Gasteiger partial charge in [0.15, 0.2) is 0 Å². The van der Waals surface area contributed by atoms with Crippen LogP contribution in [0.2, 0.25) is 0 Å². The Morgan fingerprint density at radius 3 is 2.50 bits per heavy atom. The van der Waals surface area contributed by atoms with Crippen molar-refractivity contribution in [3.63, 3.8) is 0 Å². The van der Waals surface area contributed by atoms with Gasteiger partial charge in [-0.15, -0.1) is 0 Å². The minimum absolute atomic E-state index is 0.401. The number of nitrogens with zero attached hydrogens (tertiary/aromatic N) is 2. The van der Waals surface area contributed by atoms with Gasteiger partial charge in [-0.2, -0.15) is 5.26 Å². The van der Waals surface area contributed by atoms with E-state index in [1.54, 1.807) is 12.3 Å². The third-order valence-electron chi connectivity index (χ3n) is 2.42. The number of hydrogen-bond donors (Lipinski definition) is 1. The number of nitrogen functional groups attached to an aromatic ring is 1. The highest BCUT2D eigenvalue weighted by Crippen LogP contribution is 2.26. The van der Waals surface area contributed by atoms with Crippen molar-refractivity contribution in [3.05, 3.63) is 59.9 Å². The molecule has 1 aromatic carbocycles. The average Bonchev–Trinajstić information content (AvgIpc) is 2.34. The number of aromatic nitrogens is 1. The molecule has 0 saturated carbocycles. The summed E-state index contributed by atoms with van der Waals surface area (Å²) in [4.78, 5) is 4.19. The maximum absolute atomic E-state index is 9.21. The van der Waals surface area contributed by atoms with Crippen molar-refractivity contribution in [2.75, 3.05) is 5.73 Å². The summed E-state index contributed by atoms with van der Waals surface area (Å²) in [5.74, 6) is -0.401. The van der Waals surface area contributed by atoms with Crippen molar-refractivity contribution in [1.29, 1.82) is 5.26 Å². The third kappa shape index (κ3) is 1.86. The zero-order valence-corrected chi connectivity index (χ0v) is 8.67. The second-order valence-electron chi connectivity index (χ2n) is 3.45. The summed E-state index contributed by atoms with van der Waals surface area (Å²) in [6.45, 7) is 0. The van der Waals surface area contributed by atoms with Crippen molar-refractivity contribution in [3.8, 4) is 6.07 Å². The summed E-state index contributed by atoms with van der Waals surface area (Å²) in [6, 6.07) is 15.1. The molecule has 0 amide bonds. The van der Waals surface area contributed by atoms with E-state index in [-0.39, 0.29) is 0 Å². The van der Waals surface area contributed by atoms with E-state index in [2.05, 4.69) is 11.1 Å². The van der Waals surface area contributed by atoms with Gasteiger partial charge in [-0.1, -0.05) is 24.3 Å². The number of rotatable bonds is 2. The molecule has 3 heteroatoms.